The Balaban J connectivity index is 1.99. The predicted octanol–water partition coefficient (Wildman–Crippen LogP) is 1.92. The fraction of sp³-hybridized carbons (Fsp3) is 0.167. The van der Waals surface area contributed by atoms with Crippen molar-refractivity contribution in [1.29, 1.82) is 0 Å². The van der Waals surface area contributed by atoms with E-state index in [0.29, 0.717) is 17.0 Å². The maximum atomic E-state index is 12.9. The van der Waals surface area contributed by atoms with E-state index in [2.05, 4.69) is 19.4 Å². The number of halogens is 2. The number of hydrogen-bond acceptors (Lipinski definition) is 5. The molecular weight excluding hydrogens is 256 g/mol. The predicted molar refractivity (Wildman–Crippen MR) is 61.6 cm³/mol. The number of nitrogens with zero attached hydrogens (tertiary/aromatic N) is 2. The molecule has 1 aliphatic heterocycles. The summed E-state index contributed by atoms with van der Waals surface area (Å²) < 4.78 is 34.5. The average Bonchev–Trinajstić information content (AvgIpc) is 2.71. The van der Waals surface area contributed by atoms with Crippen LogP contribution in [0, 0.1) is 0 Å². The largest absolute Gasteiger partial charge is 0.586 e. The quantitative estimate of drug-likeness (QED) is 0.898. The van der Waals surface area contributed by atoms with Crippen molar-refractivity contribution in [1.82, 2.24) is 9.97 Å². The first kappa shape index (κ1) is 11.8. The van der Waals surface area contributed by atoms with Gasteiger partial charge in [-0.15, -0.1) is 8.78 Å². The van der Waals surface area contributed by atoms with Gasteiger partial charge in [0.1, 0.15) is 6.33 Å². The monoisotopic (exact) mass is 265 g/mol. The summed E-state index contributed by atoms with van der Waals surface area (Å²) in [5, 5.41) is 0. The van der Waals surface area contributed by atoms with Crippen LogP contribution in [0.15, 0.2) is 30.6 Å². The molecule has 98 valence electrons. The molecule has 0 saturated carbocycles. The maximum Gasteiger partial charge on any atom is 0.586 e. The summed E-state index contributed by atoms with van der Waals surface area (Å²) in [6, 6.07) is 6.16. The Morgan fingerprint density at radius 1 is 1.11 bits per heavy atom. The van der Waals surface area contributed by atoms with E-state index in [0.717, 1.165) is 0 Å². The number of rotatable bonds is 2. The van der Waals surface area contributed by atoms with Crippen molar-refractivity contribution in [3.8, 4) is 22.8 Å². The third kappa shape index (κ3) is 2.19. The zero-order valence-corrected chi connectivity index (χ0v) is 9.64. The highest BCUT2D eigenvalue weighted by Crippen LogP contribution is 2.42. The minimum atomic E-state index is -3.62. The summed E-state index contributed by atoms with van der Waals surface area (Å²) in [7, 11) is 0. The van der Waals surface area contributed by atoms with E-state index in [1.807, 2.05) is 0 Å². The molecule has 0 fully saturated rings. The Hall–Kier alpha value is -2.28. The van der Waals surface area contributed by atoms with Crippen LogP contribution >= 0.6 is 0 Å². The number of fused-ring (bicyclic) bond motifs is 1. The summed E-state index contributed by atoms with van der Waals surface area (Å²) in [6.45, 7) is 0.276. The van der Waals surface area contributed by atoms with Crippen molar-refractivity contribution in [2.45, 2.75) is 12.8 Å². The molecule has 0 aliphatic carbocycles. The highest BCUT2D eigenvalue weighted by Gasteiger charge is 2.43. The summed E-state index contributed by atoms with van der Waals surface area (Å²) in [5.41, 5.74) is 7.35. The molecule has 1 aromatic carbocycles. The Kier molecular flexibility index (Phi) is 2.56. The fourth-order valence-corrected chi connectivity index (χ4v) is 1.78. The van der Waals surface area contributed by atoms with Gasteiger partial charge in [-0.2, -0.15) is 0 Å². The summed E-state index contributed by atoms with van der Waals surface area (Å²) in [4.78, 5) is 8.04. The second kappa shape index (κ2) is 4.13. The van der Waals surface area contributed by atoms with Crippen LogP contribution in [0.2, 0.25) is 0 Å². The third-order valence-corrected chi connectivity index (χ3v) is 2.63. The molecule has 0 radical (unpaired) electrons. The van der Waals surface area contributed by atoms with Crippen LogP contribution in [0.4, 0.5) is 8.78 Å². The summed E-state index contributed by atoms with van der Waals surface area (Å²) in [5.74, 6) is -0.0164. The van der Waals surface area contributed by atoms with Crippen molar-refractivity contribution in [3.63, 3.8) is 0 Å². The topological polar surface area (TPSA) is 70.3 Å². The molecule has 0 bridgehead atoms. The van der Waals surface area contributed by atoms with Crippen LogP contribution in [0.3, 0.4) is 0 Å². The first-order valence-electron chi connectivity index (χ1n) is 5.49. The lowest BCUT2D eigenvalue weighted by Crippen LogP contribution is -2.25. The second-order valence-electron chi connectivity index (χ2n) is 3.93. The van der Waals surface area contributed by atoms with Gasteiger partial charge in [0.05, 0.1) is 11.4 Å². The first-order chi connectivity index (χ1) is 9.07. The molecule has 2 aromatic rings. The minimum Gasteiger partial charge on any atom is -0.395 e. The number of benzene rings is 1. The first-order valence-corrected chi connectivity index (χ1v) is 5.49. The van der Waals surface area contributed by atoms with Crippen LogP contribution in [-0.4, -0.2) is 16.3 Å². The van der Waals surface area contributed by atoms with E-state index >= 15 is 0 Å². The van der Waals surface area contributed by atoms with Gasteiger partial charge in [0.2, 0.25) is 0 Å². The van der Waals surface area contributed by atoms with Crippen LogP contribution in [0.1, 0.15) is 5.69 Å². The zero-order chi connectivity index (χ0) is 13.5. The van der Waals surface area contributed by atoms with Gasteiger partial charge in [-0.1, -0.05) is 0 Å². The molecule has 3 rings (SSSR count). The lowest BCUT2D eigenvalue weighted by molar-refractivity contribution is -0.286. The Bertz CT molecular complexity index is 634. The maximum absolute atomic E-state index is 12.9. The van der Waals surface area contributed by atoms with Gasteiger partial charge in [0, 0.05) is 12.1 Å². The van der Waals surface area contributed by atoms with E-state index in [-0.39, 0.29) is 18.0 Å². The van der Waals surface area contributed by atoms with Gasteiger partial charge in [0.25, 0.3) is 0 Å². The normalized spacial score (nSPS) is 15.5. The second-order valence-corrected chi connectivity index (χ2v) is 3.93. The van der Waals surface area contributed by atoms with Gasteiger partial charge in [-0.3, -0.25) is 0 Å². The van der Waals surface area contributed by atoms with Gasteiger partial charge >= 0.3 is 6.29 Å². The SMILES string of the molecule is NCc1cc(-c2ccc3c(c2)OC(F)(F)O3)ncn1. The van der Waals surface area contributed by atoms with Crippen LogP contribution < -0.4 is 15.2 Å². The highest BCUT2D eigenvalue weighted by atomic mass is 19.3. The van der Waals surface area contributed by atoms with Crippen LogP contribution in [0.5, 0.6) is 11.5 Å². The molecule has 2 N–H and O–H groups in total. The Morgan fingerprint density at radius 3 is 2.68 bits per heavy atom. The van der Waals surface area contributed by atoms with E-state index in [4.69, 9.17) is 5.73 Å². The molecular formula is C12H9F2N3O2. The van der Waals surface area contributed by atoms with Crippen molar-refractivity contribution < 1.29 is 18.3 Å². The number of ether oxygens (including phenoxy) is 2. The van der Waals surface area contributed by atoms with Crippen molar-refractivity contribution in [2.75, 3.05) is 0 Å². The van der Waals surface area contributed by atoms with E-state index in [1.165, 1.54) is 18.5 Å². The van der Waals surface area contributed by atoms with Crippen LogP contribution in [-0.2, 0) is 6.54 Å². The number of aromatic nitrogens is 2. The highest BCUT2D eigenvalue weighted by molar-refractivity contribution is 5.64. The van der Waals surface area contributed by atoms with E-state index in [1.54, 1.807) is 12.1 Å². The molecule has 1 aromatic heterocycles. The molecule has 19 heavy (non-hydrogen) atoms. The number of alkyl halides is 2. The zero-order valence-electron chi connectivity index (χ0n) is 9.64. The fourth-order valence-electron chi connectivity index (χ4n) is 1.78. The van der Waals surface area contributed by atoms with Crippen LogP contribution in [0.25, 0.3) is 11.3 Å². The smallest absolute Gasteiger partial charge is 0.395 e. The van der Waals surface area contributed by atoms with Gasteiger partial charge in [-0.25, -0.2) is 9.97 Å². The molecule has 0 unspecified atom stereocenters. The average molecular weight is 265 g/mol. The summed E-state index contributed by atoms with van der Waals surface area (Å²) in [6.07, 6.45) is -2.24. The molecule has 0 amide bonds. The van der Waals surface area contributed by atoms with Gasteiger partial charge in [-0.05, 0) is 24.3 Å². The Labute approximate surface area is 107 Å². The van der Waals surface area contributed by atoms with E-state index < -0.39 is 6.29 Å². The standard InChI is InChI=1S/C12H9F2N3O2/c13-12(14)18-10-2-1-7(3-11(10)19-12)9-4-8(5-15)16-6-17-9/h1-4,6H,5,15H2. The van der Waals surface area contributed by atoms with E-state index in [9.17, 15) is 8.78 Å². The van der Waals surface area contributed by atoms with Crippen molar-refractivity contribution in [3.05, 3.63) is 36.3 Å². The van der Waals surface area contributed by atoms with Gasteiger partial charge < -0.3 is 15.2 Å². The molecule has 7 heteroatoms. The third-order valence-electron chi connectivity index (χ3n) is 2.63. The minimum absolute atomic E-state index is 0.00172. The lowest BCUT2D eigenvalue weighted by atomic mass is 10.1. The van der Waals surface area contributed by atoms with Gasteiger partial charge in [0.15, 0.2) is 11.5 Å². The van der Waals surface area contributed by atoms with Crippen molar-refractivity contribution in [2.24, 2.45) is 5.73 Å². The number of nitrogens with two attached hydrogens (primary N) is 1. The molecule has 0 spiro atoms. The van der Waals surface area contributed by atoms with Crippen molar-refractivity contribution >= 4 is 0 Å². The lowest BCUT2D eigenvalue weighted by Gasteiger charge is -2.04. The molecule has 5 nitrogen and oxygen atoms in total. The molecule has 0 atom stereocenters. The molecule has 2 heterocycles. The summed E-state index contributed by atoms with van der Waals surface area (Å²) >= 11 is 0. The Morgan fingerprint density at radius 2 is 1.89 bits per heavy atom. The molecule has 0 saturated heterocycles. The molecule has 1 aliphatic rings. The number of hydrogen-bond donors (Lipinski definition) is 1.